The van der Waals surface area contributed by atoms with Gasteiger partial charge in [-0.05, 0) is 30.2 Å². The molecule has 3 nitrogen and oxygen atoms in total. The van der Waals surface area contributed by atoms with Crippen LogP contribution in [0.1, 0.15) is 24.9 Å². The third kappa shape index (κ3) is 5.46. The summed E-state index contributed by atoms with van der Waals surface area (Å²) >= 11 is 3.25. The van der Waals surface area contributed by atoms with Crippen molar-refractivity contribution in [2.45, 2.75) is 19.4 Å². The molecule has 0 aliphatic heterocycles. The lowest BCUT2D eigenvalue weighted by Crippen LogP contribution is -2.26. The predicted molar refractivity (Wildman–Crippen MR) is 74.8 cm³/mol. The van der Waals surface area contributed by atoms with Crippen LogP contribution in [0.2, 0.25) is 0 Å². The molecule has 1 atom stereocenters. The second-order valence-electron chi connectivity index (χ2n) is 4.25. The SMILES string of the molecule is CC[C@H](NCCS(C)(=O)=O)c1cc(F)cc(Br)c1. The van der Waals surface area contributed by atoms with E-state index in [1.807, 2.05) is 13.0 Å². The Morgan fingerprint density at radius 2 is 2.06 bits per heavy atom. The lowest BCUT2D eigenvalue weighted by atomic mass is 10.0. The van der Waals surface area contributed by atoms with Gasteiger partial charge in [0.2, 0.25) is 0 Å². The van der Waals surface area contributed by atoms with Crippen LogP contribution in [0.3, 0.4) is 0 Å². The Hall–Kier alpha value is -0.460. The third-order valence-corrected chi connectivity index (χ3v) is 3.96. The number of halogens is 2. The monoisotopic (exact) mass is 337 g/mol. The van der Waals surface area contributed by atoms with Gasteiger partial charge in [-0.3, -0.25) is 0 Å². The van der Waals surface area contributed by atoms with Gasteiger partial charge in [0.25, 0.3) is 0 Å². The Morgan fingerprint density at radius 3 is 2.56 bits per heavy atom. The van der Waals surface area contributed by atoms with Crippen molar-refractivity contribution in [2.75, 3.05) is 18.6 Å². The fourth-order valence-corrected chi connectivity index (χ4v) is 2.66. The molecule has 0 spiro atoms. The van der Waals surface area contributed by atoms with Crippen LogP contribution in [0.4, 0.5) is 4.39 Å². The fourth-order valence-electron chi connectivity index (χ4n) is 1.69. The maximum absolute atomic E-state index is 13.3. The van der Waals surface area contributed by atoms with Gasteiger partial charge >= 0.3 is 0 Å². The molecule has 6 heteroatoms. The Kier molecular flexibility index (Phi) is 5.75. The molecular formula is C12H17BrFNO2S. The summed E-state index contributed by atoms with van der Waals surface area (Å²) in [4.78, 5) is 0. The normalized spacial score (nSPS) is 13.6. The van der Waals surface area contributed by atoms with Crippen molar-refractivity contribution < 1.29 is 12.8 Å². The lowest BCUT2D eigenvalue weighted by molar-refractivity contribution is 0.527. The molecule has 1 aromatic rings. The fraction of sp³-hybridized carbons (Fsp3) is 0.500. The van der Waals surface area contributed by atoms with Crippen LogP contribution in [0, 0.1) is 5.82 Å². The Labute approximate surface area is 116 Å². The standard InChI is InChI=1S/C12H17BrFNO2S/c1-3-12(15-4-5-18(2,16)17)9-6-10(13)8-11(14)7-9/h6-8,12,15H,3-5H2,1-2H3/t12-/m0/s1. The molecule has 0 aromatic heterocycles. The highest BCUT2D eigenvalue weighted by Gasteiger charge is 2.11. The molecule has 0 bridgehead atoms. The van der Waals surface area contributed by atoms with Crippen molar-refractivity contribution in [1.82, 2.24) is 5.32 Å². The quantitative estimate of drug-likeness (QED) is 0.867. The van der Waals surface area contributed by atoms with E-state index in [1.165, 1.54) is 18.4 Å². The highest BCUT2D eigenvalue weighted by atomic mass is 79.9. The Morgan fingerprint density at radius 1 is 1.39 bits per heavy atom. The van der Waals surface area contributed by atoms with Crippen LogP contribution in [0.15, 0.2) is 22.7 Å². The first-order valence-electron chi connectivity index (χ1n) is 5.69. The zero-order chi connectivity index (χ0) is 13.8. The van der Waals surface area contributed by atoms with Crippen LogP contribution in [-0.2, 0) is 9.84 Å². The van der Waals surface area contributed by atoms with E-state index in [0.29, 0.717) is 11.0 Å². The van der Waals surface area contributed by atoms with E-state index < -0.39 is 9.84 Å². The molecule has 0 fully saturated rings. The molecule has 0 amide bonds. The Bertz CT molecular complexity index is 485. The van der Waals surface area contributed by atoms with Gasteiger partial charge in [0.1, 0.15) is 15.7 Å². The average Bonchev–Trinajstić information content (AvgIpc) is 2.21. The molecule has 0 saturated carbocycles. The number of sulfone groups is 1. The van der Waals surface area contributed by atoms with E-state index in [9.17, 15) is 12.8 Å². The van der Waals surface area contributed by atoms with Crippen molar-refractivity contribution in [3.05, 3.63) is 34.1 Å². The van der Waals surface area contributed by atoms with Gasteiger partial charge in [-0.1, -0.05) is 22.9 Å². The molecule has 102 valence electrons. The van der Waals surface area contributed by atoms with Crippen molar-refractivity contribution in [3.8, 4) is 0 Å². The number of rotatable bonds is 6. The van der Waals surface area contributed by atoms with E-state index in [2.05, 4.69) is 21.2 Å². The summed E-state index contributed by atoms with van der Waals surface area (Å²) < 4.78 is 36.0. The zero-order valence-corrected chi connectivity index (χ0v) is 12.8. The number of hydrogen-bond acceptors (Lipinski definition) is 3. The van der Waals surface area contributed by atoms with Crippen LogP contribution in [-0.4, -0.2) is 27.0 Å². The minimum atomic E-state index is -2.97. The summed E-state index contributed by atoms with van der Waals surface area (Å²) in [6.45, 7) is 2.34. The van der Waals surface area contributed by atoms with E-state index in [4.69, 9.17) is 0 Å². The van der Waals surface area contributed by atoms with Gasteiger partial charge in [-0.25, -0.2) is 12.8 Å². The van der Waals surface area contributed by atoms with Gasteiger partial charge < -0.3 is 5.32 Å². The van der Waals surface area contributed by atoms with Crippen molar-refractivity contribution >= 4 is 25.8 Å². The molecule has 0 aliphatic carbocycles. The Balaban J connectivity index is 2.71. The van der Waals surface area contributed by atoms with Crippen molar-refractivity contribution in [2.24, 2.45) is 0 Å². The van der Waals surface area contributed by atoms with Crippen LogP contribution in [0.5, 0.6) is 0 Å². The molecule has 0 aliphatic rings. The maximum Gasteiger partial charge on any atom is 0.148 e. The van der Waals surface area contributed by atoms with Crippen LogP contribution in [0.25, 0.3) is 0 Å². The molecule has 0 heterocycles. The average molecular weight is 338 g/mol. The van der Waals surface area contributed by atoms with Gasteiger partial charge in [0.05, 0.1) is 5.75 Å². The molecule has 1 aromatic carbocycles. The first kappa shape index (κ1) is 15.6. The summed E-state index contributed by atoms with van der Waals surface area (Å²) in [7, 11) is -2.97. The summed E-state index contributed by atoms with van der Waals surface area (Å²) in [5, 5.41) is 3.13. The first-order chi connectivity index (χ1) is 8.31. The molecule has 0 radical (unpaired) electrons. The third-order valence-electron chi connectivity index (χ3n) is 2.56. The van der Waals surface area contributed by atoms with Gasteiger partial charge in [-0.2, -0.15) is 0 Å². The molecule has 1 rings (SSSR count). The topological polar surface area (TPSA) is 46.2 Å². The smallest absolute Gasteiger partial charge is 0.148 e. The molecule has 18 heavy (non-hydrogen) atoms. The first-order valence-corrected chi connectivity index (χ1v) is 8.54. The minimum absolute atomic E-state index is 0.0428. The summed E-state index contributed by atoms with van der Waals surface area (Å²) in [5.74, 6) is -0.220. The van der Waals surface area contributed by atoms with E-state index in [0.717, 1.165) is 12.0 Å². The minimum Gasteiger partial charge on any atom is -0.309 e. The number of benzene rings is 1. The summed E-state index contributed by atoms with van der Waals surface area (Å²) in [5.41, 5.74) is 0.817. The zero-order valence-electron chi connectivity index (χ0n) is 10.4. The summed E-state index contributed by atoms with van der Waals surface area (Å²) in [6, 6.07) is 4.66. The van der Waals surface area contributed by atoms with Gasteiger partial charge in [-0.15, -0.1) is 0 Å². The molecule has 1 N–H and O–H groups in total. The van der Waals surface area contributed by atoms with Gasteiger partial charge in [0.15, 0.2) is 0 Å². The highest BCUT2D eigenvalue weighted by molar-refractivity contribution is 9.10. The lowest BCUT2D eigenvalue weighted by Gasteiger charge is -2.17. The highest BCUT2D eigenvalue weighted by Crippen LogP contribution is 2.22. The largest absolute Gasteiger partial charge is 0.309 e. The molecular weight excluding hydrogens is 321 g/mol. The maximum atomic E-state index is 13.3. The van der Waals surface area contributed by atoms with Crippen molar-refractivity contribution in [3.63, 3.8) is 0 Å². The van der Waals surface area contributed by atoms with E-state index in [-0.39, 0.29) is 17.6 Å². The molecule has 0 unspecified atom stereocenters. The van der Waals surface area contributed by atoms with Crippen LogP contribution < -0.4 is 5.32 Å². The predicted octanol–water partition coefficient (Wildman–Crippen LogP) is 2.67. The van der Waals surface area contributed by atoms with Crippen LogP contribution >= 0.6 is 15.9 Å². The van der Waals surface area contributed by atoms with E-state index >= 15 is 0 Å². The van der Waals surface area contributed by atoms with Crippen molar-refractivity contribution in [1.29, 1.82) is 0 Å². The number of hydrogen-bond donors (Lipinski definition) is 1. The molecule has 0 saturated heterocycles. The van der Waals surface area contributed by atoms with Gasteiger partial charge in [0, 0.05) is 23.3 Å². The summed E-state index contributed by atoms with van der Waals surface area (Å²) in [6.07, 6.45) is 1.97. The second-order valence-corrected chi connectivity index (χ2v) is 7.42. The second kappa shape index (κ2) is 6.63. The van der Waals surface area contributed by atoms with E-state index in [1.54, 1.807) is 0 Å². The number of nitrogens with one attached hydrogen (secondary N) is 1.